The van der Waals surface area contributed by atoms with E-state index in [0.717, 1.165) is 45.6 Å². The van der Waals surface area contributed by atoms with Crippen LogP contribution in [0.4, 0.5) is 0 Å². The number of imidazole rings is 1. The van der Waals surface area contributed by atoms with Gasteiger partial charge in [-0.1, -0.05) is 31.4 Å². The number of hydrogen-bond acceptors (Lipinski definition) is 5. The van der Waals surface area contributed by atoms with Gasteiger partial charge in [0, 0.05) is 36.1 Å². The van der Waals surface area contributed by atoms with Crippen molar-refractivity contribution in [3.05, 3.63) is 59.6 Å². The minimum absolute atomic E-state index is 0.549. The van der Waals surface area contributed by atoms with E-state index in [9.17, 15) is 0 Å². The van der Waals surface area contributed by atoms with Crippen LogP contribution in [0, 0.1) is 0 Å². The van der Waals surface area contributed by atoms with Crippen LogP contribution in [-0.2, 0) is 0 Å². The number of aromatic amines is 2. The van der Waals surface area contributed by atoms with Crippen LogP contribution in [-0.4, -0.2) is 55.9 Å². The normalized spacial score (nSPS) is 18.4. The molecule has 1 saturated carbocycles. The molecular weight excluding hydrogens is 458 g/mol. The fourth-order valence-corrected chi connectivity index (χ4v) is 5.77. The summed E-state index contributed by atoms with van der Waals surface area (Å²) in [6, 6.07) is 6.30. The molecule has 6 rings (SSSR count). The fraction of sp³-hybridized carbons (Fsp3) is 0.400. The largest absolute Gasteiger partial charge is 0.335 e. The van der Waals surface area contributed by atoms with Gasteiger partial charge in [0.2, 0.25) is 0 Å². The van der Waals surface area contributed by atoms with Crippen LogP contribution in [0.2, 0.25) is 0 Å². The minimum atomic E-state index is 0.549. The molecule has 4 heterocycles. The Morgan fingerprint density at radius 1 is 1.08 bits per heavy atom. The average Bonchev–Trinajstić information content (AvgIpc) is 3.70. The van der Waals surface area contributed by atoms with Crippen LogP contribution in [0.3, 0.4) is 0 Å². The molecule has 0 spiro atoms. The molecule has 0 unspecified atom stereocenters. The Bertz CT molecular complexity index is 1460. The number of allylic oxidation sites excluding steroid dienone is 1. The summed E-state index contributed by atoms with van der Waals surface area (Å²) in [7, 11) is 0. The maximum atomic E-state index is 5.03. The van der Waals surface area contributed by atoms with Gasteiger partial charge in [-0.05, 0) is 81.0 Å². The molecule has 3 aromatic heterocycles. The summed E-state index contributed by atoms with van der Waals surface area (Å²) < 4.78 is 0. The molecule has 0 radical (unpaired) electrons. The van der Waals surface area contributed by atoms with Crippen molar-refractivity contribution in [1.29, 1.82) is 0 Å². The molecule has 37 heavy (non-hydrogen) atoms. The number of hydrogen-bond donors (Lipinski definition) is 2. The average molecular weight is 494 g/mol. The smallest absolute Gasteiger partial charge is 0.159 e. The topological polar surface area (TPSA) is 85.8 Å². The van der Waals surface area contributed by atoms with Gasteiger partial charge in [-0.25, -0.2) is 4.98 Å². The Kier molecular flexibility index (Phi) is 6.95. The maximum absolute atomic E-state index is 5.03. The van der Waals surface area contributed by atoms with Crippen molar-refractivity contribution in [2.45, 2.75) is 57.8 Å². The number of aliphatic imine (C=N–C) groups is 1. The van der Waals surface area contributed by atoms with E-state index in [4.69, 9.17) is 4.98 Å². The van der Waals surface area contributed by atoms with Crippen LogP contribution >= 0.6 is 0 Å². The Hall–Kier alpha value is -3.58. The molecule has 7 heteroatoms. The van der Waals surface area contributed by atoms with E-state index in [1.807, 2.05) is 30.9 Å². The zero-order chi connectivity index (χ0) is 25.0. The molecule has 0 bridgehead atoms. The van der Waals surface area contributed by atoms with Crippen LogP contribution in [0.15, 0.2) is 53.4 Å². The highest BCUT2D eigenvalue weighted by Gasteiger charge is 2.21. The summed E-state index contributed by atoms with van der Waals surface area (Å²) >= 11 is 0. The standard InChI is InChI=1S/C30H35N7/c1-2-21(20-37-14-6-7-15-37)17-31-13-12-22-10-11-26-24(16-22)29(36-35-26)30-33-27-19-32-18-25(28(27)34-30)23-8-4-3-5-9-23/h2,10-13,16-19,23H,3-9,14-15,20H2,1H3,(H,33,34)(H,35,36)/b13-12+,21-2+,31-17-. The Balaban J connectivity index is 1.24. The quantitative estimate of drug-likeness (QED) is 0.283. The molecule has 0 atom stereocenters. The van der Waals surface area contributed by atoms with E-state index in [1.54, 1.807) is 0 Å². The van der Waals surface area contributed by atoms with Crippen LogP contribution in [0.1, 0.15) is 68.9 Å². The first-order valence-electron chi connectivity index (χ1n) is 13.7. The Morgan fingerprint density at radius 3 is 2.78 bits per heavy atom. The van der Waals surface area contributed by atoms with E-state index < -0.39 is 0 Å². The highest BCUT2D eigenvalue weighted by molar-refractivity contribution is 5.94. The second kappa shape index (κ2) is 10.8. The van der Waals surface area contributed by atoms with Crippen molar-refractivity contribution < 1.29 is 0 Å². The van der Waals surface area contributed by atoms with Gasteiger partial charge in [0.05, 0.1) is 22.7 Å². The Labute approximate surface area is 217 Å². The first kappa shape index (κ1) is 23.8. The molecule has 190 valence electrons. The number of likely N-dealkylation sites (tertiary alicyclic amines) is 1. The third-order valence-corrected chi connectivity index (χ3v) is 7.85. The summed E-state index contributed by atoms with van der Waals surface area (Å²) in [6.45, 7) is 5.45. The highest BCUT2D eigenvalue weighted by Crippen LogP contribution is 2.36. The van der Waals surface area contributed by atoms with Gasteiger partial charge in [-0.2, -0.15) is 5.10 Å². The second-order valence-electron chi connectivity index (χ2n) is 10.4. The lowest BCUT2D eigenvalue weighted by molar-refractivity contribution is 0.373. The number of nitrogens with one attached hydrogen (secondary N) is 2. The first-order chi connectivity index (χ1) is 18.3. The molecule has 2 aliphatic rings. The number of fused-ring (bicyclic) bond motifs is 2. The van der Waals surface area contributed by atoms with E-state index in [2.05, 4.69) is 61.3 Å². The third kappa shape index (κ3) is 5.14. The molecular formula is C30H35N7. The third-order valence-electron chi connectivity index (χ3n) is 7.85. The zero-order valence-electron chi connectivity index (χ0n) is 21.6. The van der Waals surface area contributed by atoms with Gasteiger partial charge < -0.3 is 4.98 Å². The van der Waals surface area contributed by atoms with Crippen LogP contribution in [0.5, 0.6) is 0 Å². The lowest BCUT2D eigenvalue weighted by Gasteiger charge is -2.21. The lowest BCUT2D eigenvalue weighted by Crippen LogP contribution is -2.22. The molecule has 1 aliphatic heterocycles. The predicted molar refractivity (Wildman–Crippen MR) is 152 cm³/mol. The van der Waals surface area contributed by atoms with Crippen LogP contribution < -0.4 is 0 Å². The predicted octanol–water partition coefficient (Wildman–Crippen LogP) is 6.63. The van der Waals surface area contributed by atoms with Gasteiger partial charge in [0.1, 0.15) is 5.69 Å². The minimum Gasteiger partial charge on any atom is -0.335 e. The zero-order valence-corrected chi connectivity index (χ0v) is 21.6. The van der Waals surface area contributed by atoms with Gasteiger partial charge in [0.15, 0.2) is 5.82 Å². The maximum Gasteiger partial charge on any atom is 0.159 e. The number of nitrogens with zero attached hydrogens (tertiary/aromatic N) is 5. The number of pyridine rings is 1. The Morgan fingerprint density at radius 2 is 1.95 bits per heavy atom. The highest BCUT2D eigenvalue weighted by atomic mass is 15.1. The molecule has 2 N–H and O–H groups in total. The van der Waals surface area contributed by atoms with Crippen molar-refractivity contribution in [2.24, 2.45) is 4.99 Å². The van der Waals surface area contributed by atoms with E-state index >= 15 is 0 Å². The van der Waals surface area contributed by atoms with Crippen molar-refractivity contribution in [3.8, 4) is 11.5 Å². The van der Waals surface area contributed by atoms with E-state index in [1.165, 1.54) is 69.2 Å². The summed E-state index contributed by atoms with van der Waals surface area (Å²) in [4.78, 5) is 20.1. The fourth-order valence-electron chi connectivity index (χ4n) is 5.77. The first-order valence-corrected chi connectivity index (χ1v) is 13.7. The van der Waals surface area contributed by atoms with Gasteiger partial charge in [-0.3, -0.25) is 20.0 Å². The van der Waals surface area contributed by atoms with Gasteiger partial charge in [0.25, 0.3) is 0 Å². The molecule has 7 nitrogen and oxygen atoms in total. The number of H-pyrrole nitrogens is 2. The SMILES string of the molecule is C\C=C(/C=N\C=C\c1ccc2[nH]nc(-c3nc4c(C5CCCCC5)cncc4[nH]3)c2c1)CN1CCCC1. The molecule has 0 amide bonds. The monoisotopic (exact) mass is 493 g/mol. The number of rotatable bonds is 7. The number of benzene rings is 1. The van der Waals surface area contributed by atoms with E-state index in [-0.39, 0.29) is 0 Å². The van der Waals surface area contributed by atoms with Crippen molar-refractivity contribution in [2.75, 3.05) is 19.6 Å². The van der Waals surface area contributed by atoms with E-state index in [0.29, 0.717) is 5.92 Å². The van der Waals surface area contributed by atoms with Gasteiger partial charge in [-0.15, -0.1) is 0 Å². The summed E-state index contributed by atoms with van der Waals surface area (Å²) in [5.74, 6) is 1.33. The number of aromatic nitrogens is 5. The van der Waals surface area contributed by atoms with Crippen molar-refractivity contribution in [3.63, 3.8) is 0 Å². The molecule has 1 saturated heterocycles. The van der Waals surface area contributed by atoms with Crippen molar-refractivity contribution >= 4 is 34.2 Å². The molecule has 2 fully saturated rings. The summed E-state index contributed by atoms with van der Waals surface area (Å²) in [6.07, 6.45) is 20.9. The molecule has 4 aromatic rings. The molecule has 1 aromatic carbocycles. The second-order valence-corrected chi connectivity index (χ2v) is 10.4. The van der Waals surface area contributed by atoms with Crippen molar-refractivity contribution in [1.82, 2.24) is 30.0 Å². The summed E-state index contributed by atoms with van der Waals surface area (Å²) in [5, 5.41) is 8.83. The molecule has 1 aliphatic carbocycles. The van der Waals surface area contributed by atoms with Gasteiger partial charge >= 0.3 is 0 Å². The summed E-state index contributed by atoms with van der Waals surface area (Å²) in [5.41, 5.74) is 7.44. The lowest BCUT2D eigenvalue weighted by atomic mass is 9.84. The van der Waals surface area contributed by atoms with Crippen LogP contribution in [0.25, 0.3) is 39.5 Å².